The third-order valence-corrected chi connectivity index (χ3v) is 3.97. The lowest BCUT2D eigenvalue weighted by molar-refractivity contribution is 0.0561. The van der Waals surface area contributed by atoms with Crippen molar-refractivity contribution in [1.29, 1.82) is 0 Å². The van der Waals surface area contributed by atoms with Crippen LogP contribution in [0.4, 0.5) is 5.69 Å². The molecule has 0 atom stereocenters. The van der Waals surface area contributed by atoms with Gasteiger partial charge in [0.1, 0.15) is 12.4 Å². The SMILES string of the molecule is COC(=O)c1ccc(COc2c(CNNc3ccccc3)cccc2OC)o1. The first-order valence-corrected chi connectivity index (χ1v) is 8.71. The second kappa shape index (κ2) is 9.48. The van der Waals surface area contributed by atoms with Crippen molar-refractivity contribution in [3.05, 3.63) is 77.7 Å². The number of hydrogen-bond acceptors (Lipinski definition) is 7. The second-order valence-corrected chi connectivity index (χ2v) is 5.84. The van der Waals surface area contributed by atoms with Crippen LogP contribution in [0.5, 0.6) is 11.5 Å². The molecule has 0 aliphatic rings. The zero-order valence-corrected chi connectivity index (χ0v) is 15.7. The summed E-state index contributed by atoms with van der Waals surface area (Å²) in [6, 6.07) is 18.7. The first kappa shape index (κ1) is 19.3. The van der Waals surface area contributed by atoms with E-state index in [0.29, 0.717) is 23.8 Å². The monoisotopic (exact) mass is 382 g/mol. The second-order valence-electron chi connectivity index (χ2n) is 5.84. The summed E-state index contributed by atoms with van der Waals surface area (Å²) in [5.74, 6) is 1.32. The number of carbonyl (C=O) groups is 1. The third kappa shape index (κ3) is 4.83. The molecular weight excluding hydrogens is 360 g/mol. The van der Waals surface area contributed by atoms with Gasteiger partial charge < -0.3 is 24.1 Å². The van der Waals surface area contributed by atoms with Crippen molar-refractivity contribution in [2.45, 2.75) is 13.2 Å². The van der Waals surface area contributed by atoms with Crippen LogP contribution in [0.15, 0.2) is 65.1 Å². The Balaban J connectivity index is 1.67. The maximum absolute atomic E-state index is 11.5. The molecule has 0 bridgehead atoms. The third-order valence-electron chi connectivity index (χ3n) is 3.97. The first-order chi connectivity index (χ1) is 13.7. The van der Waals surface area contributed by atoms with Crippen molar-refractivity contribution in [1.82, 2.24) is 5.43 Å². The Morgan fingerprint density at radius 1 is 1.00 bits per heavy atom. The Kier molecular flexibility index (Phi) is 6.54. The van der Waals surface area contributed by atoms with Crippen molar-refractivity contribution in [3.8, 4) is 11.5 Å². The Morgan fingerprint density at radius 2 is 1.82 bits per heavy atom. The molecule has 0 aliphatic heterocycles. The number of nitrogens with one attached hydrogen (secondary N) is 2. The molecule has 1 heterocycles. The van der Waals surface area contributed by atoms with Gasteiger partial charge in [-0.1, -0.05) is 30.3 Å². The van der Waals surface area contributed by atoms with Crippen molar-refractivity contribution < 1.29 is 23.4 Å². The number of ether oxygens (including phenoxy) is 3. The van der Waals surface area contributed by atoms with Crippen LogP contribution in [-0.4, -0.2) is 20.2 Å². The summed E-state index contributed by atoms with van der Waals surface area (Å²) in [6.07, 6.45) is 0. The summed E-state index contributed by atoms with van der Waals surface area (Å²) >= 11 is 0. The maximum Gasteiger partial charge on any atom is 0.373 e. The molecule has 0 spiro atoms. The molecule has 2 aromatic carbocycles. The highest BCUT2D eigenvalue weighted by Gasteiger charge is 2.14. The fourth-order valence-corrected chi connectivity index (χ4v) is 2.60. The topological polar surface area (TPSA) is 82.0 Å². The number of hydrazine groups is 1. The number of esters is 1. The zero-order chi connectivity index (χ0) is 19.8. The van der Waals surface area contributed by atoms with E-state index in [1.165, 1.54) is 7.11 Å². The van der Waals surface area contributed by atoms with Crippen LogP contribution in [0.2, 0.25) is 0 Å². The number of rotatable bonds is 9. The molecule has 0 radical (unpaired) electrons. The van der Waals surface area contributed by atoms with Crippen molar-refractivity contribution >= 4 is 11.7 Å². The molecule has 0 fully saturated rings. The summed E-state index contributed by atoms with van der Waals surface area (Å²) in [6.45, 7) is 0.656. The lowest BCUT2D eigenvalue weighted by atomic mass is 10.2. The molecule has 28 heavy (non-hydrogen) atoms. The summed E-state index contributed by atoms with van der Waals surface area (Å²) in [7, 11) is 2.89. The largest absolute Gasteiger partial charge is 0.493 e. The van der Waals surface area contributed by atoms with Crippen LogP contribution < -0.4 is 20.3 Å². The van der Waals surface area contributed by atoms with E-state index in [0.717, 1.165) is 11.3 Å². The Morgan fingerprint density at radius 3 is 2.57 bits per heavy atom. The normalized spacial score (nSPS) is 10.4. The van der Waals surface area contributed by atoms with Gasteiger partial charge in [-0.2, -0.15) is 0 Å². The van der Waals surface area contributed by atoms with Gasteiger partial charge in [-0.25, -0.2) is 10.2 Å². The van der Waals surface area contributed by atoms with Crippen molar-refractivity contribution in [3.63, 3.8) is 0 Å². The highest BCUT2D eigenvalue weighted by Crippen LogP contribution is 2.32. The predicted molar refractivity (Wildman–Crippen MR) is 104 cm³/mol. The minimum Gasteiger partial charge on any atom is -0.493 e. The van der Waals surface area contributed by atoms with E-state index in [2.05, 4.69) is 15.6 Å². The summed E-state index contributed by atoms with van der Waals surface area (Å²) in [4.78, 5) is 11.5. The highest BCUT2D eigenvalue weighted by atomic mass is 16.5. The van der Waals surface area contributed by atoms with E-state index in [9.17, 15) is 4.79 Å². The number of hydrogen-bond donors (Lipinski definition) is 2. The quantitative estimate of drug-likeness (QED) is 0.431. The van der Waals surface area contributed by atoms with E-state index in [-0.39, 0.29) is 12.4 Å². The van der Waals surface area contributed by atoms with Crippen LogP contribution in [0.25, 0.3) is 0 Å². The van der Waals surface area contributed by atoms with Crippen LogP contribution >= 0.6 is 0 Å². The average molecular weight is 382 g/mol. The van der Waals surface area contributed by atoms with E-state index in [1.807, 2.05) is 48.5 Å². The minimum atomic E-state index is -0.527. The lowest BCUT2D eigenvalue weighted by Gasteiger charge is -2.15. The van der Waals surface area contributed by atoms with E-state index in [4.69, 9.17) is 13.9 Å². The first-order valence-electron chi connectivity index (χ1n) is 8.71. The van der Waals surface area contributed by atoms with Gasteiger partial charge in [0.15, 0.2) is 11.5 Å². The number of furan rings is 1. The molecule has 0 amide bonds. The van der Waals surface area contributed by atoms with Gasteiger partial charge >= 0.3 is 5.97 Å². The zero-order valence-electron chi connectivity index (χ0n) is 15.7. The summed E-state index contributed by atoms with van der Waals surface area (Å²) < 4.78 is 21.4. The number of methoxy groups -OCH3 is 2. The molecule has 0 aliphatic carbocycles. The van der Waals surface area contributed by atoms with Gasteiger partial charge in [-0.3, -0.25) is 0 Å². The molecule has 7 nitrogen and oxygen atoms in total. The highest BCUT2D eigenvalue weighted by molar-refractivity contribution is 5.86. The van der Waals surface area contributed by atoms with E-state index in [1.54, 1.807) is 19.2 Å². The fourth-order valence-electron chi connectivity index (χ4n) is 2.60. The Labute approximate surface area is 163 Å². The molecule has 0 saturated carbocycles. The molecule has 146 valence electrons. The van der Waals surface area contributed by atoms with Crippen LogP contribution in [0.3, 0.4) is 0 Å². The van der Waals surface area contributed by atoms with Gasteiger partial charge in [0, 0.05) is 17.8 Å². The van der Waals surface area contributed by atoms with E-state index < -0.39 is 5.97 Å². The minimum absolute atomic E-state index is 0.134. The van der Waals surface area contributed by atoms with Crippen LogP contribution in [-0.2, 0) is 17.9 Å². The molecule has 3 aromatic rings. The van der Waals surface area contributed by atoms with Crippen molar-refractivity contribution in [2.75, 3.05) is 19.6 Å². The molecule has 0 unspecified atom stereocenters. The lowest BCUT2D eigenvalue weighted by Crippen LogP contribution is -2.21. The molecule has 1 aromatic heterocycles. The Bertz CT molecular complexity index is 908. The average Bonchev–Trinajstić information content (AvgIpc) is 3.21. The number of benzene rings is 2. The summed E-state index contributed by atoms with van der Waals surface area (Å²) in [5, 5.41) is 0. The molecule has 3 rings (SSSR count). The number of carbonyl (C=O) groups excluding carboxylic acids is 1. The van der Waals surface area contributed by atoms with Gasteiger partial charge in [-0.05, 0) is 30.3 Å². The van der Waals surface area contributed by atoms with Crippen molar-refractivity contribution in [2.24, 2.45) is 0 Å². The summed E-state index contributed by atoms with van der Waals surface area (Å²) in [5.41, 5.74) is 8.16. The van der Waals surface area contributed by atoms with Gasteiger partial charge in [0.05, 0.1) is 14.2 Å². The van der Waals surface area contributed by atoms with Crippen LogP contribution in [0, 0.1) is 0 Å². The molecule has 7 heteroatoms. The van der Waals surface area contributed by atoms with Crippen LogP contribution in [0.1, 0.15) is 21.9 Å². The molecular formula is C21H22N2O5. The Hall–Kier alpha value is -3.45. The van der Waals surface area contributed by atoms with Gasteiger partial charge in [0.2, 0.25) is 5.76 Å². The smallest absolute Gasteiger partial charge is 0.373 e. The predicted octanol–water partition coefficient (Wildman–Crippen LogP) is 3.77. The number of para-hydroxylation sites is 2. The maximum atomic E-state index is 11.5. The fraction of sp³-hybridized carbons (Fsp3) is 0.190. The van der Waals surface area contributed by atoms with Gasteiger partial charge in [0.25, 0.3) is 0 Å². The van der Waals surface area contributed by atoms with E-state index >= 15 is 0 Å². The van der Waals surface area contributed by atoms with Gasteiger partial charge in [-0.15, -0.1) is 0 Å². The molecule has 0 saturated heterocycles. The molecule has 2 N–H and O–H groups in total. The standard InChI is InChI=1S/C21H22N2O5/c1-25-18-10-6-7-15(13-22-23-16-8-4-3-5-9-16)20(18)27-14-17-11-12-19(28-17)21(24)26-2/h3-12,22-23H,13-14H2,1-2H3. The number of anilines is 1.